The first kappa shape index (κ1) is 19.8. The molecule has 0 aliphatic heterocycles. The Kier molecular flexibility index (Phi) is 6.81. The first-order chi connectivity index (χ1) is 13.0. The van der Waals surface area contributed by atoms with Crippen LogP contribution in [0.5, 0.6) is 23.0 Å². The van der Waals surface area contributed by atoms with Gasteiger partial charge in [0.05, 0.1) is 57.8 Å². The van der Waals surface area contributed by atoms with Crippen molar-refractivity contribution in [1.82, 2.24) is 5.43 Å². The van der Waals surface area contributed by atoms with Gasteiger partial charge in [0.2, 0.25) is 0 Å². The molecule has 0 radical (unpaired) electrons. The fourth-order valence-electron chi connectivity index (χ4n) is 2.39. The summed E-state index contributed by atoms with van der Waals surface area (Å²) in [6.07, 6.45) is 1.36. The van der Waals surface area contributed by atoms with E-state index in [-0.39, 0.29) is 17.0 Å². The molecule has 0 saturated carbocycles. The van der Waals surface area contributed by atoms with E-state index in [1.54, 1.807) is 20.3 Å². The van der Waals surface area contributed by atoms with Crippen LogP contribution in [-0.4, -0.2) is 39.6 Å². The molecule has 2 rings (SSSR count). The van der Waals surface area contributed by atoms with Crippen LogP contribution in [-0.2, 0) is 6.54 Å². The molecule has 0 amide bonds. The number of nitro benzene ring substituents is 1. The van der Waals surface area contributed by atoms with Crippen LogP contribution < -0.4 is 24.4 Å². The van der Waals surface area contributed by atoms with Gasteiger partial charge in [0.25, 0.3) is 5.69 Å². The van der Waals surface area contributed by atoms with Gasteiger partial charge in [-0.15, -0.1) is 0 Å². The lowest BCUT2D eigenvalue weighted by Gasteiger charge is -2.09. The van der Waals surface area contributed by atoms with Crippen LogP contribution in [0.4, 0.5) is 5.69 Å². The standard InChI is InChI=1S/C18H21N3O6/c1-24-15-6-5-12(7-16(15)25-2)10-19-20-11-13-8-17(26-3)18(27-4)9-14(13)21(22)23/h5-9,11,19H,10H2,1-4H3/b20-11-. The maximum absolute atomic E-state index is 11.3. The number of nitrogens with zero attached hydrogens (tertiary/aromatic N) is 2. The maximum atomic E-state index is 11.3. The lowest BCUT2D eigenvalue weighted by atomic mass is 10.1. The van der Waals surface area contributed by atoms with Gasteiger partial charge in [0.1, 0.15) is 0 Å². The van der Waals surface area contributed by atoms with Crippen molar-refractivity contribution in [3.63, 3.8) is 0 Å². The molecule has 0 saturated heterocycles. The van der Waals surface area contributed by atoms with Gasteiger partial charge in [-0.2, -0.15) is 5.10 Å². The van der Waals surface area contributed by atoms with Crippen LogP contribution in [0.25, 0.3) is 0 Å². The molecule has 0 aromatic heterocycles. The van der Waals surface area contributed by atoms with Gasteiger partial charge < -0.3 is 24.4 Å². The predicted molar refractivity (Wildman–Crippen MR) is 100 cm³/mol. The van der Waals surface area contributed by atoms with Gasteiger partial charge >= 0.3 is 0 Å². The average Bonchev–Trinajstić information content (AvgIpc) is 2.70. The Balaban J connectivity index is 2.15. The highest BCUT2D eigenvalue weighted by molar-refractivity contribution is 5.86. The monoisotopic (exact) mass is 375 g/mol. The van der Waals surface area contributed by atoms with Gasteiger partial charge in [-0.05, 0) is 23.8 Å². The molecule has 0 spiro atoms. The highest BCUT2D eigenvalue weighted by atomic mass is 16.6. The normalized spacial score (nSPS) is 10.5. The zero-order valence-corrected chi connectivity index (χ0v) is 15.5. The fourth-order valence-corrected chi connectivity index (χ4v) is 2.39. The molecule has 0 aliphatic rings. The van der Waals surface area contributed by atoms with Crippen molar-refractivity contribution >= 4 is 11.9 Å². The Labute approximate surface area is 156 Å². The minimum atomic E-state index is -0.502. The fraction of sp³-hybridized carbons (Fsp3) is 0.278. The van der Waals surface area contributed by atoms with E-state index in [1.165, 1.54) is 32.6 Å². The minimum absolute atomic E-state index is 0.135. The summed E-state index contributed by atoms with van der Waals surface area (Å²) in [6, 6.07) is 8.27. The Morgan fingerprint density at radius 2 is 1.56 bits per heavy atom. The van der Waals surface area contributed by atoms with Crippen LogP contribution in [0.15, 0.2) is 35.4 Å². The van der Waals surface area contributed by atoms with Crippen LogP contribution in [0.3, 0.4) is 0 Å². The number of benzene rings is 2. The van der Waals surface area contributed by atoms with Crippen LogP contribution in [0.2, 0.25) is 0 Å². The van der Waals surface area contributed by atoms with Gasteiger partial charge in [0.15, 0.2) is 23.0 Å². The number of ether oxygens (including phenoxy) is 4. The van der Waals surface area contributed by atoms with Gasteiger partial charge in [0, 0.05) is 0 Å². The summed E-state index contributed by atoms with van der Waals surface area (Å²) in [7, 11) is 6.00. The number of nitro groups is 1. The van der Waals surface area contributed by atoms with Crippen LogP contribution >= 0.6 is 0 Å². The molecular weight excluding hydrogens is 354 g/mol. The second-order valence-corrected chi connectivity index (χ2v) is 5.31. The first-order valence-corrected chi connectivity index (χ1v) is 7.91. The Morgan fingerprint density at radius 1 is 0.963 bits per heavy atom. The summed E-state index contributed by atoms with van der Waals surface area (Å²) in [5.41, 5.74) is 3.91. The Bertz CT molecular complexity index is 838. The summed E-state index contributed by atoms with van der Waals surface area (Å²) in [5, 5.41) is 15.3. The maximum Gasteiger partial charge on any atom is 0.282 e. The smallest absolute Gasteiger partial charge is 0.282 e. The van der Waals surface area contributed by atoms with Crippen molar-refractivity contribution < 1.29 is 23.9 Å². The summed E-state index contributed by atoms with van der Waals surface area (Å²) >= 11 is 0. The number of hydrazone groups is 1. The molecular formula is C18H21N3O6. The van der Waals surface area contributed by atoms with E-state index in [1.807, 2.05) is 12.1 Å². The number of hydrogen-bond acceptors (Lipinski definition) is 8. The van der Waals surface area contributed by atoms with Crippen molar-refractivity contribution in [1.29, 1.82) is 0 Å². The van der Waals surface area contributed by atoms with E-state index in [9.17, 15) is 10.1 Å². The summed E-state index contributed by atoms with van der Waals surface area (Å²) in [5.74, 6) is 1.89. The quantitative estimate of drug-likeness (QED) is 0.408. The molecule has 0 unspecified atom stereocenters. The zero-order chi connectivity index (χ0) is 19.8. The Morgan fingerprint density at radius 3 is 2.15 bits per heavy atom. The summed E-state index contributed by atoms with van der Waals surface area (Å²) < 4.78 is 20.7. The SMILES string of the molecule is COc1ccc(CN/N=C\c2cc(OC)c(OC)cc2[N+](=O)[O-])cc1OC. The molecule has 0 bridgehead atoms. The highest BCUT2D eigenvalue weighted by Gasteiger charge is 2.18. The van der Waals surface area contributed by atoms with Crippen molar-refractivity contribution in [2.75, 3.05) is 28.4 Å². The first-order valence-electron chi connectivity index (χ1n) is 7.91. The Hall–Kier alpha value is -3.49. The van der Waals surface area contributed by atoms with Gasteiger partial charge in [-0.1, -0.05) is 6.07 Å². The van der Waals surface area contributed by atoms with E-state index >= 15 is 0 Å². The minimum Gasteiger partial charge on any atom is -0.493 e. The lowest BCUT2D eigenvalue weighted by molar-refractivity contribution is -0.385. The van der Waals surface area contributed by atoms with Crippen molar-refractivity contribution in [3.8, 4) is 23.0 Å². The topological polar surface area (TPSA) is 104 Å². The molecule has 144 valence electrons. The van der Waals surface area contributed by atoms with E-state index in [2.05, 4.69) is 10.5 Å². The molecule has 9 heteroatoms. The summed E-state index contributed by atoms with van der Waals surface area (Å²) in [6.45, 7) is 0.401. The molecule has 9 nitrogen and oxygen atoms in total. The van der Waals surface area contributed by atoms with E-state index in [0.717, 1.165) is 5.56 Å². The van der Waals surface area contributed by atoms with Crippen LogP contribution in [0.1, 0.15) is 11.1 Å². The average molecular weight is 375 g/mol. The van der Waals surface area contributed by atoms with Crippen molar-refractivity contribution in [3.05, 3.63) is 51.6 Å². The van der Waals surface area contributed by atoms with Crippen molar-refractivity contribution in [2.45, 2.75) is 6.54 Å². The molecule has 0 aliphatic carbocycles. The largest absolute Gasteiger partial charge is 0.493 e. The second kappa shape index (κ2) is 9.27. The zero-order valence-electron chi connectivity index (χ0n) is 15.5. The molecule has 0 fully saturated rings. The number of rotatable bonds is 9. The highest BCUT2D eigenvalue weighted by Crippen LogP contribution is 2.33. The van der Waals surface area contributed by atoms with Crippen LogP contribution in [0, 0.1) is 10.1 Å². The third kappa shape index (κ3) is 4.78. The predicted octanol–water partition coefficient (Wildman–Crippen LogP) is 2.75. The lowest BCUT2D eigenvalue weighted by Crippen LogP contribution is -2.07. The molecule has 0 heterocycles. The third-order valence-corrected chi connectivity index (χ3v) is 3.76. The number of methoxy groups -OCH3 is 4. The summed E-state index contributed by atoms with van der Waals surface area (Å²) in [4.78, 5) is 10.8. The molecule has 1 N–H and O–H groups in total. The van der Waals surface area contributed by atoms with Crippen molar-refractivity contribution in [2.24, 2.45) is 5.10 Å². The second-order valence-electron chi connectivity index (χ2n) is 5.31. The van der Waals surface area contributed by atoms with E-state index < -0.39 is 4.92 Å². The number of hydrogen-bond donors (Lipinski definition) is 1. The third-order valence-electron chi connectivity index (χ3n) is 3.76. The molecule has 0 atom stereocenters. The number of nitrogens with one attached hydrogen (secondary N) is 1. The van der Waals surface area contributed by atoms with Gasteiger partial charge in [-0.3, -0.25) is 10.1 Å². The molecule has 2 aromatic rings. The van der Waals surface area contributed by atoms with E-state index in [4.69, 9.17) is 18.9 Å². The van der Waals surface area contributed by atoms with Gasteiger partial charge in [-0.25, -0.2) is 0 Å². The van der Waals surface area contributed by atoms with E-state index in [0.29, 0.717) is 23.8 Å². The molecule has 27 heavy (non-hydrogen) atoms. The molecule has 2 aromatic carbocycles.